The van der Waals surface area contributed by atoms with Gasteiger partial charge in [-0.3, -0.25) is 4.79 Å². The molecule has 0 unspecified atom stereocenters. The summed E-state index contributed by atoms with van der Waals surface area (Å²) in [6, 6.07) is 6.79. The number of aromatic carboxylic acids is 1. The second kappa shape index (κ2) is 7.53. The van der Waals surface area contributed by atoms with Gasteiger partial charge in [-0.1, -0.05) is 29.0 Å². The van der Waals surface area contributed by atoms with Crippen LogP contribution in [0.1, 0.15) is 22.8 Å². The molecule has 0 fully saturated rings. The van der Waals surface area contributed by atoms with Crippen molar-refractivity contribution in [1.82, 2.24) is 0 Å². The van der Waals surface area contributed by atoms with E-state index in [1.807, 2.05) is 0 Å². The highest BCUT2D eigenvalue weighted by atomic mass is 35.5. The molecule has 144 valence electrons. The highest BCUT2D eigenvalue weighted by molar-refractivity contribution is 6.35. The van der Waals surface area contributed by atoms with Crippen LogP contribution in [0.4, 0.5) is 5.69 Å². The first-order valence-corrected chi connectivity index (χ1v) is 8.67. The van der Waals surface area contributed by atoms with Crippen LogP contribution >= 0.6 is 23.2 Å². The number of carbonyl (C=O) groups excluding carboxylic acids is 1. The first kappa shape index (κ1) is 19.7. The topological polar surface area (TPSA) is 102 Å². The van der Waals surface area contributed by atoms with E-state index in [4.69, 9.17) is 27.9 Å². The number of anilines is 1. The lowest BCUT2D eigenvalue weighted by Gasteiger charge is -2.15. The van der Waals surface area contributed by atoms with Gasteiger partial charge in [0.25, 0.3) is 5.91 Å². The van der Waals surface area contributed by atoms with Gasteiger partial charge in [0.05, 0.1) is 34.7 Å². The summed E-state index contributed by atoms with van der Waals surface area (Å²) in [5.74, 6) is -1.97. The van der Waals surface area contributed by atoms with Gasteiger partial charge in [-0.2, -0.15) is 10.1 Å². The summed E-state index contributed by atoms with van der Waals surface area (Å²) in [4.78, 5) is 24.1. The van der Waals surface area contributed by atoms with Gasteiger partial charge in [0, 0.05) is 5.02 Å². The number of ether oxygens (including phenoxy) is 1. The number of hydrogen-bond acceptors (Lipinski definition) is 5. The predicted molar refractivity (Wildman–Crippen MR) is 104 cm³/mol. The van der Waals surface area contributed by atoms with E-state index in [1.165, 1.54) is 43.5 Å². The van der Waals surface area contributed by atoms with Crippen molar-refractivity contribution in [1.29, 1.82) is 0 Å². The average Bonchev–Trinajstić information content (AvgIpc) is 2.92. The number of carboxylic acids is 1. The molecule has 3 rings (SSSR count). The third kappa shape index (κ3) is 3.54. The number of methoxy groups -OCH3 is 1. The lowest BCUT2D eigenvalue weighted by Crippen LogP contribution is -2.21. The average molecular weight is 420 g/mol. The molecule has 1 N–H and O–H groups in total. The van der Waals surface area contributed by atoms with Crippen molar-refractivity contribution >= 4 is 52.6 Å². The van der Waals surface area contributed by atoms with Gasteiger partial charge in [-0.15, -0.1) is 0 Å². The SMILES string of the molecule is COc1cc(/C=C2/C(=O)N(c3ccc(Cl)c(C(=O)O)c3)N=C2C)c(Cl)cc1[O-]. The van der Waals surface area contributed by atoms with Crippen molar-refractivity contribution in [2.75, 3.05) is 12.1 Å². The number of nitrogens with zero attached hydrogens (tertiary/aromatic N) is 2. The molecule has 0 aliphatic carbocycles. The van der Waals surface area contributed by atoms with E-state index >= 15 is 0 Å². The molecule has 0 spiro atoms. The van der Waals surface area contributed by atoms with Crippen LogP contribution in [-0.4, -0.2) is 29.8 Å². The fraction of sp³-hybridized carbons (Fsp3) is 0.105. The number of hydrazone groups is 1. The van der Waals surface area contributed by atoms with Crippen LogP contribution in [0.15, 0.2) is 41.0 Å². The van der Waals surface area contributed by atoms with Gasteiger partial charge in [-0.25, -0.2) is 4.79 Å². The van der Waals surface area contributed by atoms with Gasteiger partial charge in [0.2, 0.25) is 0 Å². The van der Waals surface area contributed by atoms with Crippen molar-refractivity contribution < 1.29 is 24.5 Å². The molecule has 0 radical (unpaired) electrons. The monoisotopic (exact) mass is 419 g/mol. The van der Waals surface area contributed by atoms with E-state index in [0.29, 0.717) is 11.3 Å². The predicted octanol–water partition coefficient (Wildman–Crippen LogP) is 3.58. The molecule has 1 aliphatic heterocycles. The Morgan fingerprint density at radius 3 is 2.61 bits per heavy atom. The quantitative estimate of drug-likeness (QED) is 0.762. The minimum Gasteiger partial charge on any atom is -0.870 e. The lowest BCUT2D eigenvalue weighted by atomic mass is 10.1. The van der Waals surface area contributed by atoms with Crippen molar-refractivity contribution in [3.05, 3.63) is 57.1 Å². The van der Waals surface area contributed by atoms with Crippen molar-refractivity contribution in [3.8, 4) is 11.5 Å². The van der Waals surface area contributed by atoms with Gasteiger partial charge in [-0.05, 0) is 48.9 Å². The van der Waals surface area contributed by atoms with Gasteiger partial charge < -0.3 is 14.9 Å². The third-order valence-electron chi connectivity index (χ3n) is 4.07. The van der Waals surface area contributed by atoms with Crippen LogP contribution in [0.2, 0.25) is 10.0 Å². The molecule has 9 heteroatoms. The molecule has 0 bridgehead atoms. The van der Waals surface area contributed by atoms with Crippen molar-refractivity contribution in [3.63, 3.8) is 0 Å². The van der Waals surface area contributed by atoms with Crippen molar-refractivity contribution in [2.24, 2.45) is 5.10 Å². The maximum absolute atomic E-state index is 12.8. The van der Waals surface area contributed by atoms with Crippen LogP contribution in [0.25, 0.3) is 6.08 Å². The van der Waals surface area contributed by atoms with Crippen LogP contribution in [0.3, 0.4) is 0 Å². The maximum Gasteiger partial charge on any atom is 0.337 e. The molecule has 1 amide bonds. The van der Waals surface area contributed by atoms with E-state index in [0.717, 1.165) is 5.01 Å². The summed E-state index contributed by atoms with van der Waals surface area (Å²) in [7, 11) is 1.36. The number of rotatable bonds is 4. The minimum atomic E-state index is -1.22. The van der Waals surface area contributed by atoms with Crippen LogP contribution < -0.4 is 14.9 Å². The minimum absolute atomic E-state index is 0.0518. The number of hydrogen-bond donors (Lipinski definition) is 1. The first-order valence-electron chi connectivity index (χ1n) is 7.92. The maximum atomic E-state index is 12.8. The Balaban J connectivity index is 2.01. The highest BCUT2D eigenvalue weighted by Crippen LogP contribution is 2.33. The Bertz CT molecular complexity index is 1060. The van der Waals surface area contributed by atoms with E-state index in [9.17, 15) is 19.8 Å². The van der Waals surface area contributed by atoms with Crippen LogP contribution in [0, 0.1) is 0 Å². The number of carboxylic acid groups (broad SMARTS) is 1. The second-order valence-corrected chi connectivity index (χ2v) is 6.67. The molecular weight excluding hydrogens is 407 g/mol. The molecule has 2 aromatic rings. The molecule has 1 heterocycles. The summed E-state index contributed by atoms with van der Waals surface area (Å²) in [6.45, 7) is 1.63. The van der Waals surface area contributed by atoms with E-state index in [2.05, 4.69) is 5.10 Å². The lowest BCUT2D eigenvalue weighted by molar-refractivity contribution is -0.270. The summed E-state index contributed by atoms with van der Waals surface area (Å²) in [5, 5.41) is 26.5. The first-order chi connectivity index (χ1) is 13.2. The molecule has 0 atom stereocenters. The third-order valence-corrected chi connectivity index (χ3v) is 4.73. The van der Waals surface area contributed by atoms with Crippen molar-refractivity contribution in [2.45, 2.75) is 6.92 Å². The van der Waals surface area contributed by atoms with Crippen LogP contribution in [0.5, 0.6) is 11.5 Å². The molecule has 1 aliphatic rings. The summed E-state index contributed by atoms with van der Waals surface area (Å²) in [6.07, 6.45) is 1.50. The zero-order valence-electron chi connectivity index (χ0n) is 14.7. The fourth-order valence-corrected chi connectivity index (χ4v) is 3.05. The molecule has 28 heavy (non-hydrogen) atoms. The zero-order chi connectivity index (χ0) is 20.6. The number of amides is 1. The molecule has 7 nitrogen and oxygen atoms in total. The van der Waals surface area contributed by atoms with Gasteiger partial charge in [0.1, 0.15) is 5.75 Å². The Labute approximate surface area is 170 Å². The van der Waals surface area contributed by atoms with E-state index < -0.39 is 11.9 Å². The molecular formula is C19H13Cl2N2O5-. The normalized spacial score (nSPS) is 15.1. The van der Waals surface area contributed by atoms with Crippen LogP contribution in [-0.2, 0) is 4.79 Å². The van der Waals surface area contributed by atoms with Gasteiger partial charge >= 0.3 is 5.97 Å². The zero-order valence-corrected chi connectivity index (χ0v) is 16.2. The molecule has 0 saturated heterocycles. The summed E-state index contributed by atoms with van der Waals surface area (Å²) < 4.78 is 5.00. The molecule has 0 aromatic heterocycles. The molecule has 2 aromatic carbocycles. The molecule has 0 saturated carbocycles. The Morgan fingerprint density at radius 2 is 1.96 bits per heavy atom. The standard InChI is InChI=1S/C19H14Cl2N2O5/c1-9-12(5-10-6-17(28-2)16(24)8-15(10)21)18(25)23(22-9)11-3-4-14(20)13(7-11)19(26)27/h3-8,24H,1-2H3,(H,26,27)/p-1/b12-5+. The number of carbonyl (C=O) groups is 2. The second-order valence-electron chi connectivity index (χ2n) is 5.85. The Hall–Kier alpha value is -3.03. The van der Waals surface area contributed by atoms with E-state index in [-0.39, 0.29) is 38.4 Å². The largest absolute Gasteiger partial charge is 0.870 e. The smallest absolute Gasteiger partial charge is 0.337 e. The fourth-order valence-electron chi connectivity index (χ4n) is 2.64. The highest BCUT2D eigenvalue weighted by Gasteiger charge is 2.29. The number of halogens is 2. The van der Waals surface area contributed by atoms with E-state index in [1.54, 1.807) is 6.92 Å². The summed E-state index contributed by atoms with van der Waals surface area (Å²) in [5.41, 5.74) is 1.18. The van der Waals surface area contributed by atoms with Gasteiger partial charge in [0.15, 0.2) is 0 Å². The Kier molecular flexibility index (Phi) is 5.31. The Morgan fingerprint density at radius 1 is 1.25 bits per heavy atom. The summed E-state index contributed by atoms with van der Waals surface area (Å²) >= 11 is 12.0. The number of benzene rings is 2.